The van der Waals surface area contributed by atoms with Gasteiger partial charge in [-0.3, -0.25) is 4.79 Å². The van der Waals surface area contributed by atoms with Gasteiger partial charge < -0.3 is 23.4 Å². The third-order valence-corrected chi connectivity index (χ3v) is 4.55. The number of rotatable bonds is 12. The third kappa shape index (κ3) is 7.19. The summed E-state index contributed by atoms with van der Waals surface area (Å²) in [7, 11) is -3.02. The standard InChI is InChI=1S/C11H25NO5Si/c1-4-14-18(15-5-2,16-6-3)17-9-7-8-11(13)10-12/h4-10,12H2,1-3H3. The first kappa shape index (κ1) is 17.7. The number of hydrogen-bond donors (Lipinski definition) is 1. The van der Waals surface area contributed by atoms with Crippen LogP contribution in [-0.4, -0.2) is 47.8 Å². The molecule has 0 rings (SSSR count). The van der Waals surface area contributed by atoms with E-state index in [2.05, 4.69) is 0 Å². The van der Waals surface area contributed by atoms with E-state index in [9.17, 15) is 4.79 Å². The zero-order valence-electron chi connectivity index (χ0n) is 11.6. The SMILES string of the molecule is CCO[Si](OCC)(OCC)OCCCC(=O)CN. The van der Waals surface area contributed by atoms with Crippen LogP contribution in [0.15, 0.2) is 0 Å². The summed E-state index contributed by atoms with van der Waals surface area (Å²) in [6.45, 7) is 7.43. The summed E-state index contributed by atoms with van der Waals surface area (Å²) < 4.78 is 22.1. The molecule has 0 atom stereocenters. The van der Waals surface area contributed by atoms with Crippen molar-refractivity contribution < 1.29 is 22.5 Å². The van der Waals surface area contributed by atoms with Gasteiger partial charge in [0.25, 0.3) is 0 Å². The maximum absolute atomic E-state index is 11.1. The van der Waals surface area contributed by atoms with Gasteiger partial charge in [-0.1, -0.05) is 0 Å². The van der Waals surface area contributed by atoms with E-state index >= 15 is 0 Å². The van der Waals surface area contributed by atoms with Crippen LogP contribution in [0.2, 0.25) is 0 Å². The van der Waals surface area contributed by atoms with Gasteiger partial charge in [0, 0.05) is 32.8 Å². The third-order valence-electron chi connectivity index (χ3n) is 2.07. The van der Waals surface area contributed by atoms with Crippen LogP contribution in [0.4, 0.5) is 0 Å². The highest BCUT2D eigenvalue weighted by Gasteiger charge is 2.44. The van der Waals surface area contributed by atoms with Gasteiger partial charge >= 0.3 is 9.05 Å². The first-order valence-electron chi connectivity index (χ1n) is 6.41. The van der Waals surface area contributed by atoms with Gasteiger partial charge in [-0.05, 0) is 27.2 Å². The van der Waals surface area contributed by atoms with Crippen LogP contribution in [-0.2, 0) is 22.5 Å². The number of hydrogen-bond acceptors (Lipinski definition) is 6. The number of nitrogens with two attached hydrogens (primary N) is 1. The minimum Gasteiger partial charge on any atom is -0.351 e. The molecule has 0 aliphatic rings. The molecule has 0 unspecified atom stereocenters. The quantitative estimate of drug-likeness (QED) is 0.421. The van der Waals surface area contributed by atoms with Gasteiger partial charge in [0.2, 0.25) is 0 Å². The predicted octanol–water partition coefficient (Wildman–Crippen LogP) is 0.856. The second-order valence-corrected chi connectivity index (χ2v) is 5.65. The molecule has 0 aliphatic heterocycles. The molecule has 7 heteroatoms. The average molecular weight is 279 g/mol. The minimum atomic E-state index is -3.02. The van der Waals surface area contributed by atoms with Crippen LogP contribution in [0.25, 0.3) is 0 Å². The molecule has 0 saturated carbocycles. The summed E-state index contributed by atoms with van der Waals surface area (Å²) in [5.41, 5.74) is 5.23. The Kier molecular flexibility index (Phi) is 10.4. The molecule has 6 nitrogen and oxygen atoms in total. The largest absolute Gasteiger partial charge is 0.679 e. The summed E-state index contributed by atoms with van der Waals surface area (Å²) in [4.78, 5) is 11.1. The maximum Gasteiger partial charge on any atom is 0.679 e. The lowest BCUT2D eigenvalue weighted by atomic mass is 10.2. The zero-order chi connectivity index (χ0) is 13.9. The van der Waals surface area contributed by atoms with Gasteiger partial charge in [-0.15, -0.1) is 0 Å². The fraction of sp³-hybridized carbons (Fsp3) is 0.909. The second-order valence-electron chi connectivity index (χ2n) is 3.49. The average Bonchev–Trinajstić information content (AvgIpc) is 2.35. The first-order valence-corrected chi connectivity index (χ1v) is 8.04. The van der Waals surface area contributed by atoms with Crippen molar-refractivity contribution in [2.24, 2.45) is 5.73 Å². The molecule has 0 bridgehead atoms. The summed E-state index contributed by atoms with van der Waals surface area (Å²) in [5, 5.41) is 0. The highest BCUT2D eigenvalue weighted by Crippen LogP contribution is 2.12. The van der Waals surface area contributed by atoms with Crippen molar-refractivity contribution in [2.45, 2.75) is 33.6 Å². The highest BCUT2D eigenvalue weighted by atomic mass is 28.4. The van der Waals surface area contributed by atoms with Crippen molar-refractivity contribution in [1.29, 1.82) is 0 Å². The van der Waals surface area contributed by atoms with Gasteiger partial charge in [-0.2, -0.15) is 0 Å². The predicted molar refractivity (Wildman–Crippen MR) is 69.9 cm³/mol. The van der Waals surface area contributed by atoms with E-state index in [0.29, 0.717) is 39.3 Å². The molecule has 0 spiro atoms. The number of Topliss-reactive ketones (excluding diaryl/α,β-unsaturated/α-hetero) is 1. The van der Waals surface area contributed by atoms with Crippen molar-refractivity contribution in [3.8, 4) is 0 Å². The molecule has 0 radical (unpaired) electrons. The molecule has 0 amide bonds. The molecule has 0 heterocycles. The smallest absolute Gasteiger partial charge is 0.351 e. The molecular weight excluding hydrogens is 254 g/mol. The molecule has 0 aromatic carbocycles. The van der Waals surface area contributed by atoms with Crippen LogP contribution < -0.4 is 5.73 Å². The number of ketones is 1. The molecule has 0 aromatic rings. The Morgan fingerprint density at radius 1 is 1.00 bits per heavy atom. The lowest BCUT2D eigenvalue weighted by molar-refractivity contribution is -0.118. The Morgan fingerprint density at radius 3 is 1.89 bits per heavy atom. The van der Waals surface area contributed by atoms with E-state index in [4.69, 9.17) is 23.4 Å². The van der Waals surface area contributed by atoms with Crippen LogP contribution in [0, 0.1) is 0 Å². The second kappa shape index (κ2) is 10.6. The summed E-state index contributed by atoms with van der Waals surface area (Å²) in [5.74, 6) is 0.0232. The molecule has 0 aliphatic carbocycles. The van der Waals surface area contributed by atoms with E-state index in [-0.39, 0.29) is 12.3 Å². The van der Waals surface area contributed by atoms with Crippen molar-refractivity contribution in [1.82, 2.24) is 0 Å². The lowest BCUT2D eigenvalue weighted by Crippen LogP contribution is -2.49. The molecule has 2 N–H and O–H groups in total. The van der Waals surface area contributed by atoms with Gasteiger partial charge in [0.15, 0.2) is 0 Å². The minimum absolute atomic E-state index is 0.0232. The molecule has 0 fully saturated rings. The summed E-state index contributed by atoms with van der Waals surface area (Å²) in [6, 6.07) is 0. The highest BCUT2D eigenvalue weighted by molar-refractivity contribution is 6.53. The normalized spacial score (nSPS) is 11.8. The fourth-order valence-electron chi connectivity index (χ4n) is 1.35. The molecule has 0 aromatic heterocycles. The van der Waals surface area contributed by atoms with Gasteiger partial charge in [0.1, 0.15) is 5.78 Å². The van der Waals surface area contributed by atoms with Crippen LogP contribution in [0.5, 0.6) is 0 Å². The molecule has 18 heavy (non-hydrogen) atoms. The van der Waals surface area contributed by atoms with Crippen molar-refractivity contribution in [2.75, 3.05) is 33.0 Å². The van der Waals surface area contributed by atoms with E-state index in [1.54, 1.807) is 0 Å². The number of carbonyl (C=O) groups is 1. The Morgan fingerprint density at radius 2 is 1.50 bits per heavy atom. The summed E-state index contributed by atoms with van der Waals surface area (Å²) >= 11 is 0. The van der Waals surface area contributed by atoms with Gasteiger partial charge in [0.05, 0.1) is 6.54 Å². The molecule has 108 valence electrons. The van der Waals surface area contributed by atoms with Crippen LogP contribution in [0.1, 0.15) is 33.6 Å². The Labute approximate surface area is 110 Å². The Bertz CT molecular complexity index is 210. The fourth-order valence-corrected chi connectivity index (χ4v) is 3.30. The van der Waals surface area contributed by atoms with E-state index in [1.807, 2.05) is 20.8 Å². The topological polar surface area (TPSA) is 80.0 Å². The summed E-state index contributed by atoms with van der Waals surface area (Å²) in [6.07, 6.45) is 1.00. The Balaban J connectivity index is 4.16. The van der Waals surface area contributed by atoms with E-state index in [0.717, 1.165) is 0 Å². The molecular formula is C11H25NO5Si. The monoisotopic (exact) mass is 279 g/mol. The van der Waals surface area contributed by atoms with E-state index in [1.165, 1.54) is 0 Å². The van der Waals surface area contributed by atoms with Crippen LogP contribution in [0.3, 0.4) is 0 Å². The van der Waals surface area contributed by atoms with E-state index < -0.39 is 9.05 Å². The van der Waals surface area contributed by atoms with Crippen molar-refractivity contribution in [3.63, 3.8) is 0 Å². The van der Waals surface area contributed by atoms with Crippen molar-refractivity contribution >= 4 is 14.8 Å². The Hall–Kier alpha value is -0.313. The van der Waals surface area contributed by atoms with Crippen molar-refractivity contribution in [3.05, 3.63) is 0 Å². The molecule has 0 saturated heterocycles. The lowest BCUT2D eigenvalue weighted by Gasteiger charge is -2.26. The van der Waals surface area contributed by atoms with Gasteiger partial charge in [-0.25, -0.2) is 0 Å². The first-order chi connectivity index (χ1) is 8.64. The number of carbonyl (C=O) groups excluding carboxylic acids is 1. The maximum atomic E-state index is 11.1. The zero-order valence-corrected chi connectivity index (χ0v) is 12.6. The van der Waals surface area contributed by atoms with Crippen LogP contribution >= 0.6 is 0 Å².